The quantitative estimate of drug-likeness (QED) is 0.583. The monoisotopic (exact) mass is 235 g/mol. The summed E-state index contributed by atoms with van der Waals surface area (Å²) in [6, 6.07) is 7.91. The first-order valence-corrected chi connectivity index (χ1v) is 5.94. The number of rotatable bonds is 3. The maximum Gasteiger partial charge on any atom is 0.234 e. The molecule has 0 amide bonds. The maximum absolute atomic E-state index is 10.3. The topological polar surface area (TPSA) is 29.4 Å². The molecule has 1 fully saturated rings. The van der Waals surface area contributed by atoms with Crippen LogP contribution in [0.4, 0.5) is 0 Å². The van der Waals surface area contributed by atoms with Crippen molar-refractivity contribution in [3.63, 3.8) is 0 Å². The van der Waals surface area contributed by atoms with Crippen LogP contribution < -0.4 is 0 Å². The van der Waals surface area contributed by atoms with Crippen molar-refractivity contribution in [1.82, 2.24) is 0 Å². The molecule has 0 spiro atoms. The fourth-order valence-corrected chi connectivity index (χ4v) is 2.70. The minimum atomic E-state index is 0.0436. The van der Waals surface area contributed by atoms with Crippen LogP contribution in [0.25, 0.3) is 0 Å². The first-order valence-electron chi connectivity index (χ1n) is 5.56. The molecular formula is C13H14ClNO. The second-order valence-electron chi connectivity index (χ2n) is 4.40. The molecule has 1 aliphatic rings. The van der Waals surface area contributed by atoms with E-state index in [0.717, 1.165) is 17.9 Å². The number of carbonyl (C=O) groups excluding carboxylic acids is 1. The summed E-state index contributed by atoms with van der Waals surface area (Å²) in [4.78, 5) is 14.1. The summed E-state index contributed by atoms with van der Waals surface area (Å²) >= 11 is 5.88. The highest BCUT2D eigenvalue weighted by Crippen LogP contribution is 2.41. The van der Waals surface area contributed by atoms with E-state index in [0.29, 0.717) is 6.54 Å². The van der Waals surface area contributed by atoms with Crippen LogP contribution in [0, 0.1) is 0 Å². The van der Waals surface area contributed by atoms with Crippen molar-refractivity contribution in [2.75, 3.05) is 6.54 Å². The van der Waals surface area contributed by atoms with Gasteiger partial charge in [-0.3, -0.25) is 0 Å². The molecule has 1 aromatic rings. The highest BCUT2D eigenvalue weighted by Gasteiger charge is 2.35. The molecule has 2 nitrogen and oxygen atoms in total. The Morgan fingerprint density at radius 3 is 2.44 bits per heavy atom. The lowest BCUT2D eigenvalue weighted by Gasteiger charge is -2.27. The molecule has 3 heteroatoms. The molecule has 0 N–H and O–H groups in total. The second kappa shape index (κ2) is 4.82. The second-order valence-corrected chi connectivity index (χ2v) is 4.84. The average Bonchev–Trinajstić information content (AvgIpc) is 2.77. The molecule has 0 radical (unpaired) electrons. The van der Waals surface area contributed by atoms with Gasteiger partial charge in [0.25, 0.3) is 0 Å². The minimum absolute atomic E-state index is 0.0436. The van der Waals surface area contributed by atoms with E-state index < -0.39 is 0 Å². The van der Waals surface area contributed by atoms with Gasteiger partial charge in [-0.2, -0.15) is 0 Å². The normalized spacial score (nSPS) is 18.1. The van der Waals surface area contributed by atoms with Crippen LogP contribution in [0.1, 0.15) is 31.2 Å². The number of nitrogens with zero attached hydrogens (tertiary/aromatic N) is 1. The fourth-order valence-electron chi connectivity index (χ4n) is 2.58. The van der Waals surface area contributed by atoms with Gasteiger partial charge in [0.2, 0.25) is 6.08 Å². The Morgan fingerprint density at radius 1 is 1.25 bits per heavy atom. The molecule has 0 heterocycles. The van der Waals surface area contributed by atoms with Crippen molar-refractivity contribution in [1.29, 1.82) is 0 Å². The average molecular weight is 236 g/mol. The van der Waals surface area contributed by atoms with Crippen LogP contribution in [0.3, 0.4) is 0 Å². The first-order chi connectivity index (χ1) is 7.77. The van der Waals surface area contributed by atoms with Gasteiger partial charge >= 0.3 is 0 Å². The number of hydrogen-bond donors (Lipinski definition) is 0. The van der Waals surface area contributed by atoms with Crippen molar-refractivity contribution in [3.8, 4) is 0 Å². The van der Waals surface area contributed by atoms with E-state index in [-0.39, 0.29) is 5.41 Å². The van der Waals surface area contributed by atoms with Crippen LogP contribution in [0.15, 0.2) is 29.3 Å². The lowest BCUT2D eigenvalue weighted by molar-refractivity contribution is 0.451. The van der Waals surface area contributed by atoms with Crippen molar-refractivity contribution < 1.29 is 4.79 Å². The van der Waals surface area contributed by atoms with Gasteiger partial charge < -0.3 is 0 Å². The molecule has 84 valence electrons. The number of hydrogen-bond acceptors (Lipinski definition) is 2. The van der Waals surface area contributed by atoms with Crippen molar-refractivity contribution in [2.24, 2.45) is 4.99 Å². The van der Waals surface area contributed by atoms with Gasteiger partial charge in [-0.15, -0.1) is 0 Å². The molecule has 16 heavy (non-hydrogen) atoms. The lowest BCUT2D eigenvalue weighted by atomic mass is 9.79. The summed E-state index contributed by atoms with van der Waals surface area (Å²) in [5.41, 5.74) is 1.29. The van der Waals surface area contributed by atoms with Gasteiger partial charge in [-0.25, -0.2) is 9.79 Å². The summed E-state index contributed by atoms with van der Waals surface area (Å²) in [6.45, 7) is 0.554. The van der Waals surface area contributed by atoms with Gasteiger partial charge in [0, 0.05) is 10.4 Å². The van der Waals surface area contributed by atoms with E-state index in [9.17, 15) is 4.79 Å². The van der Waals surface area contributed by atoms with E-state index in [2.05, 4.69) is 4.99 Å². The Kier molecular flexibility index (Phi) is 3.42. The zero-order valence-electron chi connectivity index (χ0n) is 9.08. The number of halogens is 1. The molecular weight excluding hydrogens is 222 g/mol. The van der Waals surface area contributed by atoms with Crippen molar-refractivity contribution in [2.45, 2.75) is 31.1 Å². The Balaban J connectivity index is 2.31. The van der Waals surface area contributed by atoms with E-state index in [1.807, 2.05) is 24.3 Å². The van der Waals surface area contributed by atoms with Crippen LogP contribution in [0.5, 0.6) is 0 Å². The summed E-state index contributed by atoms with van der Waals surface area (Å²) in [7, 11) is 0. The third-order valence-electron chi connectivity index (χ3n) is 3.46. The molecule has 0 unspecified atom stereocenters. The first kappa shape index (κ1) is 11.4. The zero-order valence-corrected chi connectivity index (χ0v) is 9.83. The van der Waals surface area contributed by atoms with E-state index >= 15 is 0 Å². The third kappa shape index (κ3) is 2.18. The van der Waals surface area contributed by atoms with Gasteiger partial charge in [0.1, 0.15) is 0 Å². The number of benzene rings is 1. The molecule has 2 rings (SSSR count). The van der Waals surface area contributed by atoms with E-state index in [1.54, 1.807) is 6.08 Å². The van der Waals surface area contributed by atoms with Crippen molar-refractivity contribution >= 4 is 17.7 Å². The SMILES string of the molecule is O=C=NCC1(c2ccc(Cl)cc2)CCCC1. The summed E-state index contributed by atoms with van der Waals surface area (Å²) in [5.74, 6) is 0. The standard InChI is InChI=1S/C13H14ClNO/c14-12-5-3-11(4-6-12)13(9-15-10-16)7-1-2-8-13/h3-6H,1-2,7-9H2. The molecule has 0 saturated heterocycles. The predicted molar refractivity (Wildman–Crippen MR) is 64.6 cm³/mol. The van der Waals surface area contributed by atoms with Crippen LogP contribution in [0.2, 0.25) is 5.02 Å². The Hall–Kier alpha value is -1.11. The molecule has 1 saturated carbocycles. The summed E-state index contributed by atoms with van der Waals surface area (Å²) in [6.07, 6.45) is 6.25. The van der Waals surface area contributed by atoms with Gasteiger partial charge in [0.05, 0.1) is 6.54 Å². The molecule has 0 aromatic heterocycles. The molecule has 0 bridgehead atoms. The number of isocyanates is 1. The highest BCUT2D eigenvalue weighted by atomic mass is 35.5. The molecule has 0 aliphatic heterocycles. The zero-order chi connectivity index (χ0) is 11.4. The Bertz CT molecular complexity index is 400. The summed E-state index contributed by atoms with van der Waals surface area (Å²) < 4.78 is 0. The third-order valence-corrected chi connectivity index (χ3v) is 3.72. The molecule has 1 aliphatic carbocycles. The smallest absolute Gasteiger partial charge is 0.211 e. The largest absolute Gasteiger partial charge is 0.234 e. The fraction of sp³-hybridized carbons (Fsp3) is 0.462. The number of aliphatic imine (C=N–C) groups is 1. The van der Waals surface area contributed by atoms with Gasteiger partial charge in [-0.1, -0.05) is 36.6 Å². The van der Waals surface area contributed by atoms with Gasteiger partial charge in [0.15, 0.2) is 0 Å². The summed E-state index contributed by atoms with van der Waals surface area (Å²) in [5, 5.41) is 0.746. The van der Waals surface area contributed by atoms with Gasteiger partial charge in [-0.05, 0) is 30.5 Å². The molecule has 0 atom stereocenters. The van der Waals surface area contributed by atoms with Crippen LogP contribution in [-0.2, 0) is 10.2 Å². The highest BCUT2D eigenvalue weighted by molar-refractivity contribution is 6.30. The van der Waals surface area contributed by atoms with Crippen molar-refractivity contribution in [3.05, 3.63) is 34.9 Å². The van der Waals surface area contributed by atoms with Crippen LogP contribution in [-0.4, -0.2) is 12.6 Å². The molecule has 1 aromatic carbocycles. The lowest BCUT2D eigenvalue weighted by Crippen LogP contribution is -2.25. The van der Waals surface area contributed by atoms with Crippen LogP contribution >= 0.6 is 11.6 Å². The van der Waals surface area contributed by atoms with E-state index in [4.69, 9.17) is 11.6 Å². The Morgan fingerprint density at radius 2 is 1.88 bits per heavy atom. The predicted octanol–water partition coefficient (Wildman–Crippen LogP) is 3.49. The minimum Gasteiger partial charge on any atom is -0.211 e. The Labute approximate surface area is 100 Å². The van der Waals surface area contributed by atoms with E-state index in [1.165, 1.54) is 18.4 Å². The maximum atomic E-state index is 10.3.